The van der Waals surface area contributed by atoms with E-state index in [0.29, 0.717) is 12.3 Å². The van der Waals surface area contributed by atoms with E-state index >= 15 is 0 Å². The zero-order valence-electron chi connectivity index (χ0n) is 10.8. The smallest absolute Gasteiger partial charge is 0.262 e. The lowest BCUT2D eigenvalue weighted by Crippen LogP contribution is -2.04. The molecule has 102 valence electrons. The van der Waals surface area contributed by atoms with Gasteiger partial charge in [0.2, 0.25) is 0 Å². The van der Waals surface area contributed by atoms with E-state index in [9.17, 15) is 8.78 Å². The second kappa shape index (κ2) is 5.56. The standard InChI is InChI=1S/C12H13F2N3OS/c1-4-15-10-8(13)5-9(14)11(17-10)19-12-16-6(2)7(3)18-12/h5H,4H2,1-3H3,(H,15,17). The average molecular weight is 285 g/mol. The van der Waals surface area contributed by atoms with E-state index in [1.54, 1.807) is 20.8 Å². The molecule has 4 nitrogen and oxygen atoms in total. The van der Waals surface area contributed by atoms with Crippen LogP contribution >= 0.6 is 11.8 Å². The predicted molar refractivity (Wildman–Crippen MR) is 68.4 cm³/mol. The van der Waals surface area contributed by atoms with Crippen LogP contribution in [0, 0.1) is 25.5 Å². The van der Waals surface area contributed by atoms with Crippen molar-refractivity contribution in [2.75, 3.05) is 11.9 Å². The highest BCUT2D eigenvalue weighted by molar-refractivity contribution is 7.99. The molecular weight excluding hydrogens is 272 g/mol. The number of aryl methyl sites for hydroxylation is 2. The van der Waals surface area contributed by atoms with Gasteiger partial charge in [0, 0.05) is 12.6 Å². The molecule has 2 aromatic rings. The van der Waals surface area contributed by atoms with E-state index in [1.807, 2.05) is 0 Å². The Balaban J connectivity index is 2.31. The molecule has 0 unspecified atom stereocenters. The fourth-order valence-corrected chi connectivity index (χ4v) is 2.19. The molecule has 0 aliphatic carbocycles. The molecule has 2 aromatic heterocycles. The van der Waals surface area contributed by atoms with Crippen LogP contribution in [0.2, 0.25) is 0 Å². The number of nitrogens with zero attached hydrogens (tertiary/aromatic N) is 2. The molecule has 0 saturated carbocycles. The maximum atomic E-state index is 13.6. The van der Waals surface area contributed by atoms with Crippen molar-refractivity contribution in [3.63, 3.8) is 0 Å². The third kappa shape index (κ3) is 3.04. The minimum Gasteiger partial charge on any atom is -0.436 e. The van der Waals surface area contributed by atoms with Crippen molar-refractivity contribution in [3.8, 4) is 0 Å². The number of anilines is 1. The van der Waals surface area contributed by atoms with Gasteiger partial charge in [-0.15, -0.1) is 0 Å². The molecule has 0 fully saturated rings. The molecule has 7 heteroatoms. The predicted octanol–water partition coefficient (Wildman–Crippen LogP) is 3.55. The quantitative estimate of drug-likeness (QED) is 0.931. The molecule has 0 spiro atoms. The number of rotatable bonds is 4. The van der Waals surface area contributed by atoms with Crippen LogP contribution in [0.4, 0.5) is 14.6 Å². The molecule has 2 heterocycles. The number of pyridine rings is 1. The first-order valence-electron chi connectivity index (χ1n) is 5.73. The van der Waals surface area contributed by atoms with Crippen molar-refractivity contribution < 1.29 is 13.2 Å². The second-order valence-electron chi connectivity index (χ2n) is 3.86. The minimum absolute atomic E-state index is 0.0198. The zero-order chi connectivity index (χ0) is 14.0. The SMILES string of the molecule is CCNc1nc(Sc2nc(C)c(C)o2)c(F)cc1F. The fourth-order valence-electron chi connectivity index (χ4n) is 1.38. The molecular formula is C12H13F2N3OS. The first-order chi connectivity index (χ1) is 9.01. The molecule has 0 saturated heterocycles. The first kappa shape index (κ1) is 13.8. The van der Waals surface area contributed by atoms with Gasteiger partial charge < -0.3 is 9.73 Å². The second-order valence-corrected chi connectivity index (χ2v) is 4.80. The number of oxazole rings is 1. The van der Waals surface area contributed by atoms with Crippen molar-refractivity contribution in [2.24, 2.45) is 0 Å². The van der Waals surface area contributed by atoms with Gasteiger partial charge in [-0.3, -0.25) is 0 Å². The van der Waals surface area contributed by atoms with Gasteiger partial charge in [0.05, 0.1) is 5.69 Å². The Morgan fingerprint density at radius 2 is 2.00 bits per heavy atom. The van der Waals surface area contributed by atoms with Gasteiger partial charge in [-0.25, -0.2) is 18.7 Å². The third-order valence-corrected chi connectivity index (χ3v) is 3.26. The summed E-state index contributed by atoms with van der Waals surface area (Å²) in [7, 11) is 0. The molecule has 0 radical (unpaired) electrons. The molecule has 0 amide bonds. The topological polar surface area (TPSA) is 51.0 Å². The number of aromatic nitrogens is 2. The van der Waals surface area contributed by atoms with Crippen LogP contribution in [-0.2, 0) is 0 Å². The normalized spacial score (nSPS) is 10.8. The molecule has 0 atom stereocenters. The lowest BCUT2D eigenvalue weighted by atomic mass is 10.4. The molecule has 0 aliphatic heterocycles. The van der Waals surface area contributed by atoms with E-state index in [4.69, 9.17) is 4.42 Å². The number of hydrogen-bond acceptors (Lipinski definition) is 5. The summed E-state index contributed by atoms with van der Waals surface area (Å²) in [5.74, 6) is -0.774. The van der Waals surface area contributed by atoms with Crippen molar-refractivity contribution in [3.05, 3.63) is 29.2 Å². The van der Waals surface area contributed by atoms with Crippen LogP contribution in [0.1, 0.15) is 18.4 Å². The summed E-state index contributed by atoms with van der Waals surface area (Å²) in [6.45, 7) is 5.86. The van der Waals surface area contributed by atoms with Gasteiger partial charge in [-0.2, -0.15) is 0 Å². The van der Waals surface area contributed by atoms with Crippen LogP contribution in [0.3, 0.4) is 0 Å². The van der Waals surface area contributed by atoms with E-state index < -0.39 is 11.6 Å². The maximum absolute atomic E-state index is 13.6. The van der Waals surface area contributed by atoms with E-state index in [-0.39, 0.29) is 16.1 Å². The van der Waals surface area contributed by atoms with E-state index in [0.717, 1.165) is 23.5 Å². The third-order valence-electron chi connectivity index (χ3n) is 2.43. The molecule has 19 heavy (non-hydrogen) atoms. The number of hydrogen-bond donors (Lipinski definition) is 1. The summed E-state index contributed by atoms with van der Waals surface area (Å²) >= 11 is 0.927. The number of nitrogens with one attached hydrogen (secondary N) is 1. The van der Waals surface area contributed by atoms with Gasteiger partial charge in [-0.05, 0) is 32.5 Å². The van der Waals surface area contributed by atoms with Gasteiger partial charge in [-0.1, -0.05) is 0 Å². The van der Waals surface area contributed by atoms with Gasteiger partial charge in [0.15, 0.2) is 17.5 Å². The summed E-state index contributed by atoms with van der Waals surface area (Å²) < 4.78 is 32.4. The number of halogens is 2. The van der Waals surface area contributed by atoms with Crippen LogP contribution in [0.5, 0.6) is 0 Å². The van der Waals surface area contributed by atoms with Gasteiger partial charge in [0.25, 0.3) is 5.22 Å². The summed E-state index contributed by atoms with van der Waals surface area (Å²) in [5, 5.41) is 3.04. The summed E-state index contributed by atoms with van der Waals surface area (Å²) in [4.78, 5) is 8.02. The Morgan fingerprint density at radius 3 is 2.58 bits per heavy atom. The Hall–Kier alpha value is -1.63. The fraction of sp³-hybridized carbons (Fsp3) is 0.333. The highest BCUT2D eigenvalue weighted by Gasteiger charge is 2.16. The van der Waals surface area contributed by atoms with Crippen LogP contribution < -0.4 is 5.32 Å². The van der Waals surface area contributed by atoms with Crippen molar-refractivity contribution in [1.82, 2.24) is 9.97 Å². The van der Waals surface area contributed by atoms with Crippen molar-refractivity contribution in [2.45, 2.75) is 31.0 Å². The Morgan fingerprint density at radius 1 is 1.26 bits per heavy atom. The van der Waals surface area contributed by atoms with E-state index in [1.165, 1.54) is 0 Å². The lowest BCUT2D eigenvalue weighted by Gasteiger charge is -2.06. The monoisotopic (exact) mass is 285 g/mol. The lowest BCUT2D eigenvalue weighted by molar-refractivity contribution is 0.430. The van der Waals surface area contributed by atoms with Gasteiger partial charge >= 0.3 is 0 Å². The Kier molecular flexibility index (Phi) is 4.04. The van der Waals surface area contributed by atoms with E-state index in [2.05, 4.69) is 15.3 Å². The Labute approximate surface area is 113 Å². The zero-order valence-corrected chi connectivity index (χ0v) is 11.6. The first-order valence-corrected chi connectivity index (χ1v) is 6.54. The largest absolute Gasteiger partial charge is 0.436 e. The van der Waals surface area contributed by atoms with Gasteiger partial charge in [0.1, 0.15) is 10.8 Å². The van der Waals surface area contributed by atoms with Crippen molar-refractivity contribution in [1.29, 1.82) is 0 Å². The minimum atomic E-state index is -0.738. The summed E-state index contributed by atoms with van der Waals surface area (Å²) in [5.41, 5.74) is 0.733. The summed E-state index contributed by atoms with van der Waals surface area (Å²) in [6.07, 6.45) is 0. The summed E-state index contributed by atoms with van der Waals surface area (Å²) in [6, 6.07) is 0.802. The molecule has 0 aliphatic rings. The highest BCUT2D eigenvalue weighted by Crippen LogP contribution is 2.30. The maximum Gasteiger partial charge on any atom is 0.262 e. The molecule has 0 bridgehead atoms. The van der Waals surface area contributed by atoms with Crippen molar-refractivity contribution >= 4 is 17.6 Å². The molecule has 0 aromatic carbocycles. The van der Waals surface area contributed by atoms with Crippen LogP contribution in [0.15, 0.2) is 20.7 Å². The Bertz CT molecular complexity index is 581. The molecule has 1 N–H and O–H groups in total. The highest BCUT2D eigenvalue weighted by atomic mass is 32.2. The average Bonchev–Trinajstić information content (AvgIpc) is 2.65. The van der Waals surface area contributed by atoms with Crippen LogP contribution in [0.25, 0.3) is 0 Å². The van der Waals surface area contributed by atoms with Crippen LogP contribution in [-0.4, -0.2) is 16.5 Å². The molecule has 2 rings (SSSR count).